The Morgan fingerprint density at radius 3 is 2.05 bits per heavy atom. The second kappa shape index (κ2) is 12.8. The van der Waals surface area contributed by atoms with Crippen molar-refractivity contribution in [1.29, 1.82) is 0 Å². The maximum absolute atomic E-state index is 12.1. The Bertz CT molecular complexity index is 367. The molecule has 0 aliphatic carbocycles. The monoisotopic (exact) mass is 311 g/mol. The van der Waals surface area contributed by atoms with Gasteiger partial charge in [0.25, 0.3) is 0 Å². The lowest BCUT2D eigenvalue weighted by Crippen LogP contribution is -2.30. The summed E-state index contributed by atoms with van der Waals surface area (Å²) >= 11 is 0. The summed E-state index contributed by atoms with van der Waals surface area (Å²) in [6, 6.07) is 9.04. The smallest absolute Gasteiger partial charge is 0.179 e. The lowest BCUT2D eigenvalue weighted by Gasteiger charge is -2.10. The molecule has 0 spiro atoms. The largest absolute Gasteiger partial charge is 0.321 e. The summed E-state index contributed by atoms with van der Waals surface area (Å²) in [7, 11) is 0. The number of hydrogen-bond acceptors (Lipinski definition) is 2. The van der Waals surface area contributed by atoms with Crippen LogP contribution in [0.2, 0.25) is 0 Å². The third-order valence-corrected chi connectivity index (χ3v) is 3.76. The molecule has 0 aliphatic rings. The molecule has 0 heterocycles. The second-order valence-electron chi connectivity index (χ2n) is 5.60. The molecule has 21 heavy (non-hydrogen) atoms. The zero-order chi connectivity index (χ0) is 14.6. The Balaban J connectivity index is 0.00000400. The van der Waals surface area contributed by atoms with Crippen molar-refractivity contribution in [2.45, 2.75) is 70.8 Å². The first kappa shape index (κ1) is 20.1. The molecule has 2 nitrogen and oxygen atoms in total. The number of Topliss-reactive ketones (excluding diaryl/α,β-unsaturated/α-hetero) is 1. The van der Waals surface area contributed by atoms with Crippen molar-refractivity contribution in [2.24, 2.45) is 5.73 Å². The van der Waals surface area contributed by atoms with E-state index in [1.807, 2.05) is 30.3 Å². The van der Waals surface area contributed by atoms with Gasteiger partial charge in [-0.05, 0) is 6.42 Å². The minimum Gasteiger partial charge on any atom is -0.321 e. The van der Waals surface area contributed by atoms with Crippen molar-refractivity contribution in [3.8, 4) is 0 Å². The number of nitrogens with two attached hydrogens (primary N) is 1. The van der Waals surface area contributed by atoms with E-state index in [0.717, 1.165) is 18.4 Å². The van der Waals surface area contributed by atoms with Crippen molar-refractivity contribution in [2.75, 3.05) is 0 Å². The van der Waals surface area contributed by atoms with Crippen LogP contribution in [0.3, 0.4) is 0 Å². The molecule has 1 atom stereocenters. The SMILES string of the molecule is CCCCCCCCCCC(N)C(=O)c1ccccc1.Cl. The maximum Gasteiger partial charge on any atom is 0.179 e. The van der Waals surface area contributed by atoms with Crippen LogP contribution in [0.25, 0.3) is 0 Å². The Kier molecular flexibility index (Phi) is 12.3. The average molecular weight is 312 g/mol. The highest BCUT2D eigenvalue weighted by molar-refractivity contribution is 5.99. The molecule has 0 bridgehead atoms. The summed E-state index contributed by atoms with van der Waals surface area (Å²) in [4.78, 5) is 12.1. The first-order valence-electron chi connectivity index (χ1n) is 8.10. The topological polar surface area (TPSA) is 43.1 Å². The second-order valence-corrected chi connectivity index (χ2v) is 5.60. The van der Waals surface area contributed by atoms with Crippen LogP contribution in [0.5, 0.6) is 0 Å². The molecular weight excluding hydrogens is 282 g/mol. The van der Waals surface area contributed by atoms with Crippen LogP contribution >= 0.6 is 12.4 Å². The van der Waals surface area contributed by atoms with E-state index in [4.69, 9.17) is 5.73 Å². The molecule has 0 aromatic heterocycles. The van der Waals surface area contributed by atoms with Gasteiger partial charge in [-0.2, -0.15) is 0 Å². The van der Waals surface area contributed by atoms with E-state index in [1.165, 1.54) is 44.9 Å². The van der Waals surface area contributed by atoms with E-state index >= 15 is 0 Å². The Morgan fingerprint density at radius 2 is 1.48 bits per heavy atom. The van der Waals surface area contributed by atoms with Gasteiger partial charge in [-0.25, -0.2) is 0 Å². The molecule has 0 aliphatic heterocycles. The van der Waals surface area contributed by atoms with E-state index in [2.05, 4.69) is 6.92 Å². The first-order valence-corrected chi connectivity index (χ1v) is 8.10. The van der Waals surface area contributed by atoms with Gasteiger partial charge in [-0.15, -0.1) is 12.4 Å². The lowest BCUT2D eigenvalue weighted by molar-refractivity contribution is 0.0956. The van der Waals surface area contributed by atoms with Gasteiger partial charge in [0.15, 0.2) is 5.78 Å². The molecular formula is C18H30ClNO. The van der Waals surface area contributed by atoms with E-state index < -0.39 is 0 Å². The highest BCUT2D eigenvalue weighted by Crippen LogP contribution is 2.12. The van der Waals surface area contributed by atoms with E-state index in [9.17, 15) is 4.79 Å². The lowest BCUT2D eigenvalue weighted by atomic mass is 9.99. The molecule has 3 heteroatoms. The molecule has 0 amide bonds. The molecule has 1 aromatic carbocycles. The van der Waals surface area contributed by atoms with Gasteiger partial charge in [-0.1, -0.05) is 88.6 Å². The van der Waals surface area contributed by atoms with Crippen molar-refractivity contribution in [3.05, 3.63) is 35.9 Å². The summed E-state index contributed by atoms with van der Waals surface area (Å²) in [6.07, 6.45) is 11.0. The van der Waals surface area contributed by atoms with Crippen LogP contribution in [0.4, 0.5) is 0 Å². The Labute approximate surface area is 135 Å². The molecule has 1 unspecified atom stereocenters. The molecule has 0 saturated heterocycles. The van der Waals surface area contributed by atoms with Crippen LogP contribution in [0.1, 0.15) is 75.1 Å². The van der Waals surface area contributed by atoms with Crippen molar-refractivity contribution >= 4 is 18.2 Å². The van der Waals surface area contributed by atoms with E-state index in [1.54, 1.807) is 0 Å². The van der Waals surface area contributed by atoms with Crippen molar-refractivity contribution in [1.82, 2.24) is 0 Å². The number of ketones is 1. The minimum absolute atomic E-state index is 0. The number of carbonyl (C=O) groups excluding carboxylic acids is 1. The third-order valence-electron chi connectivity index (χ3n) is 3.76. The van der Waals surface area contributed by atoms with Crippen LogP contribution < -0.4 is 5.73 Å². The molecule has 0 fully saturated rings. The van der Waals surface area contributed by atoms with Crippen molar-refractivity contribution < 1.29 is 4.79 Å². The van der Waals surface area contributed by atoms with Crippen LogP contribution in [0.15, 0.2) is 30.3 Å². The maximum atomic E-state index is 12.1. The standard InChI is InChI=1S/C18H29NO.ClH/c1-2-3-4-5-6-7-8-12-15-17(19)18(20)16-13-10-9-11-14-16;/h9-11,13-14,17H,2-8,12,15,19H2,1H3;1H. The van der Waals surface area contributed by atoms with Gasteiger partial charge >= 0.3 is 0 Å². The summed E-state index contributed by atoms with van der Waals surface area (Å²) in [5.74, 6) is 0.0774. The third kappa shape index (κ3) is 8.90. The van der Waals surface area contributed by atoms with Crippen LogP contribution in [-0.4, -0.2) is 11.8 Å². The fourth-order valence-corrected chi connectivity index (χ4v) is 2.45. The number of hydrogen-bond donors (Lipinski definition) is 1. The highest BCUT2D eigenvalue weighted by atomic mass is 35.5. The van der Waals surface area contributed by atoms with E-state index in [-0.39, 0.29) is 24.2 Å². The normalized spacial score (nSPS) is 11.7. The quantitative estimate of drug-likeness (QED) is 0.453. The molecule has 0 saturated carbocycles. The predicted octanol–water partition coefficient (Wildman–Crippen LogP) is 5.15. The first-order chi connectivity index (χ1) is 9.75. The molecule has 120 valence electrons. The van der Waals surface area contributed by atoms with Crippen LogP contribution in [-0.2, 0) is 0 Å². The molecule has 1 aromatic rings. The van der Waals surface area contributed by atoms with Gasteiger partial charge < -0.3 is 5.73 Å². The number of benzene rings is 1. The summed E-state index contributed by atoms with van der Waals surface area (Å²) in [5.41, 5.74) is 6.72. The average Bonchev–Trinajstić information content (AvgIpc) is 2.50. The number of halogens is 1. The summed E-state index contributed by atoms with van der Waals surface area (Å²) in [5, 5.41) is 0. The number of carbonyl (C=O) groups is 1. The Hall–Kier alpha value is -0.860. The van der Waals surface area contributed by atoms with Crippen molar-refractivity contribution in [3.63, 3.8) is 0 Å². The van der Waals surface area contributed by atoms with Gasteiger partial charge in [0.05, 0.1) is 6.04 Å². The zero-order valence-electron chi connectivity index (χ0n) is 13.2. The Morgan fingerprint density at radius 1 is 0.952 bits per heavy atom. The molecule has 0 radical (unpaired) electrons. The fourth-order valence-electron chi connectivity index (χ4n) is 2.45. The summed E-state index contributed by atoms with van der Waals surface area (Å²) < 4.78 is 0. The minimum atomic E-state index is -0.336. The number of rotatable bonds is 11. The molecule has 1 rings (SSSR count). The predicted molar refractivity (Wildman–Crippen MR) is 93.2 cm³/mol. The zero-order valence-corrected chi connectivity index (χ0v) is 14.0. The fraction of sp³-hybridized carbons (Fsp3) is 0.611. The summed E-state index contributed by atoms with van der Waals surface area (Å²) in [6.45, 7) is 2.24. The van der Waals surface area contributed by atoms with Crippen LogP contribution in [0, 0.1) is 0 Å². The van der Waals surface area contributed by atoms with E-state index in [0.29, 0.717) is 0 Å². The number of unbranched alkanes of at least 4 members (excludes halogenated alkanes) is 7. The molecule has 2 N–H and O–H groups in total. The van der Waals surface area contributed by atoms with Gasteiger partial charge in [-0.3, -0.25) is 4.79 Å². The van der Waals surface area contributed by atoms with Gasteiger partial charge in [0, 0.05) is 5.56 Å². The van der Waals surface area contributed by atoms with Gasteiger partial charge in [0.2, 0.25) is 0 Å². The highest BCUT2D eigenvalue weighted by Gasteiger charge is 2.14. The van der Waals surface area contributed by atoms with Gasteiger partial charge in [0.1, 0.15) is 0 Å².